The highest BCUT2D eigenvalue weighted by Crippen LogP contribution is 2.24. The third-order valence-electron chi connectivity index (χ3n) is 7.24. The minimum atomic E-state index is -0.427. The van der Waals surface area contributed by atoms with E-state index in [0.717, 1.165) is 68.1 Å². The van der Waals surface area contributed by atoms with Crippen molar-refractivity contribution >= 4 is 22.6 Å². The number of aromatic nitrogens is 2. The first-order valence-corrected chi connectivity index (χ1v) is 13.2. The van der Waals surface area contributed by atoms with Gasteiger partial charge in [0.25, 0.3) is 0 Å². The minimum absolute atomic E-state index is 0.0905. The lowest BCUT2D eigenvalue weighted by molar-refractivity contribution is 0.0980. The molecule has 2 aromatic heterocycles. The van der Waals surface area contributed by atoms with Crippen LogP contribution in [-0.4, -0.2) is 53.0 Å². The van der Waals surface area contributed by atoms with E-state index in [1.54, 1.807) is 22.8 Å². The third kappa shape index (κ3) is 5.52. The van der Waals surface area contributed by atoms with Crippen molar-refractivity contribution in [3.05, 3.63) is 82.5 Å². The molecule has 3 heterocycles. The lowest BCUT2D eigenvalue weighted by Crippen LogP contribution is -2.46. The topological polar surface area (TPSA) is 71.6 Å². The van der Waals surface area contributed by atoms with Gasteiger partial charge in [0.1, 0.15) is 0 Å². The summed E-state index contributed by atoms with van der Waals surface area (Å²) in [6.07, 6.45) is 4.28. The molecule has 0 spiro atoms. The lowest BCUT2D eigenvalue weighted by atomic mass is 10.0. The Labute approximate surface area is 217 Å². The number of benzene rings is 2. The van der Waals surface area contributed by atoms with Gasteiger partial charge in [0.15, 0.2) is 11.4 Å². The second-order valence-electron chi connectivity index (χ2n) is 9.69. The van der Waals surface area contributed by atoms with Crippen LogP contribution in [-0.2, 0) is 6.54 Å². The van der Waals surface area contributed by atoms with E-state index in [4.69, 9.17) is 9.40 Å². The van der Waals surface area contributed by atoms with Crippen molar-refractivity contribution in [3.63, 3.8) is 0 Å². The standard InChI is InChI=1S/C30H34N4O3/c1-3-5-9-28(35)24-10-13-29-27(19-24)34(30(36)37-29)21-22-7-6-8-23(18-22)26-12-11-25(20-31-26)33-16-14-32(4-2)15-17-33/h6-8,10-13,18-20H,3-5,9,14-17,21H2,1-2H3. The van der Waals surface area contributed by atoms with Crippen LogP contribution in [0.3, 0.4) is 0 Å². The number of hydrogen-bond donors (Lipinski definition) is 0. The molecule has 1 fully saturated rings. The fraction of sp³-hybridized carbons (Fsp3) is 0.367. The van der Waals surface area contributed by atoms with Crippen molar-refractivity contribution in [2.45, 2.75) is 39.7 Å². The number of unbranched alkanes of at least 4 members (excludes halogenated alkanes) is 1. The number of hydrogen-bond acceptors (Lipinski definition) is 6. The van der Waals surface area contributed by atoms with E-state index >= 15 is 0 Å². The molecule has 4 aromatic rings. The zero-order valence-corrected chi connectivity index (χ0v) is 21.7. The van der Waals surface area contributed by atoms with Crippen LogP contribution in [0, 0.1) is 0 Å². The lowest BCUT2D eigenvalue weighted by Gasteiger charge is -2.35. The first-order valence-electron chi connectivity index (χ1n) is 13.2. The molecule has 0 N–H and O–H groups in total. The van der Waals surface area contributed by atoms with Crippen molar-refractivity contribution in [1.82, 2.24) is 14.5 Å². The highest BCUT2D eigenvalue weighted by atomic mass is 16.4. The van der Waals surface area contributed by atoms with Crippen LogP contribution in [0.5, 0.6) is 0 Å². The van der Waals surface area contributed by atoms with E-state index < -0.39 is 5.76 Å². The maximum absolute atomic E-state index is 12.7. The summed E-state index contributed by atoms with van der Waals surface area (Å²) in [5, 5.41) is 0. The SMILES string of the molecule is CCCCC(=O)c1ccc2oc(=O)n(Cc3cccc(-c4ccc(N5CCN(CC)CC5)cn4)c3)c2c1. The normalized spacial score (nSPS) is 14.4. The Morgan fingerprint density at radius 2 is 1.84 bits per heavy atom. The molecule has 0 radical (unpaired) electrons. The highest BCUT2D eigenvalue weighted by molar-refractivity contribution is 5.98. The Bertz CT molecular complexity index is 1430. The summed E-state index contributed by atoms with van der Waals surface area (Å²) in [5.41, 5.74) is 5.75. The van der Waals surface area contributed by atoms with E-state index in [9.17, 15) is 9.59 Å². The fourth-order valence-corrected chi connectivity index (χ4v) is 4.94. The van der Waals surface area contributed by atoms with E-state index in [0.29, 0.717) is 29.6 Å². The number of rotatable bonds is 9. The zero-order chi connectivity index (χ0) is 25.8. The predicted molar refractivity (Wildman–Crippen MR) is 147 cm³/mol. The number of pyridine rings is 1. The van der Waals surface area contributed by atoms with Gasteiger partial charge >= 0.3 is 5.76 Å². The van der Waals surface area contributed by atoms with Gasteiger partial charge in [-0.2, -0.15) is 0 Å². The van der Waals surface area contributed by atoms with Gasteiger partial charge in [-0.15, -0.1) is 0 Å². The van der Waals surface area contributed by atoms with Gasteiger partial charge in [-0.1, -0.05) is 38.5 Å². The number of Topliss-reactive ketones (excluding diaryl/α,β-unsaturated/α-hetero) is 1. The summed E-state index contributed by atoms with van der Waals surface area (Å²) in [6.45, 7) is 9.92. The van der Waals surface area contributed by atoms with Gasteiger partial charge in [0.2, 0.25) is 0 Å². The molecule has 0 amide bonds. The highest BCUT2D eigenvalue weighted by Gasteiger charge is 2.17. The number of nitrogens with zero attached hydrogens (tertiary/aromatic N) is 4. The van der Waals surface area contributed by atoms with Crippen molar-refractivity contribution in [3.8, 4) is 11.3 Å². The number of ketones is 1. The maximum Gasteiger partial charge on any atom is 0.420 e. The number of carbonyl (C=O) groups is 1. The molecule has 7 nitrogen and oxygen atoms in total. The molecule has 0 aliphatic carbocycles. The largest absolute Gasteiger partial charge is 0.420 e. The Morgan fingerprint density at radius 3 is 2.57 bits per heavy atom. The van der Waals surface area contributed by atoms with Crippen molar-refractivity contribution in [1.29, 1.82) is 0 Å². The van der Waals surface area contributed by atoms with Crippen LogP contribution >= 0.6 is 0 Å². The molecule has 2 aromatic carbocycles. The average Bonchev–Trinajstić information content (AvgIpc) is 3.25. The van der Waals surface area contributed by atoms with E-state index in [1.165, 1.54) is 0 Å². The molecule has 1 saturated heterocycles. The van der Waals surface area contributed by atoms with Crippen LogP contribution in [0.25, 0.3) is 22.4 Å². The van der Waals surface area contributed by atoms with Gasteiger partial charge in [-0.3, -0.25) is 14.3 Å². The number of anilines is 1. The first kappa shape index (κ1) is 25.0. The molecule has 1 aliphatic rings. The summed E-state index contributed by atoms with van der Waals surface area (Å²) in [7, 11) is 0. The van der Waals surface area contributed by atoms with E-state index in [1.807, 2.05) is 24.4 Å². The van der Waals surface area contributed by atoms with E-state index in [2.05, 4.69) is 41.8 Å². The van der Waals surface area contributed by atoms with Gasteiger partial charge in [0, 0.05) is 43.7 Å². The van der Waals surface area contributed by atoms with Crippen LogP contribution < -0.4 is 10.7 Å². The number of fused-ring (bicyclic) bond motifs is 1. The first-order chi connectivity index (χ1) is 18.1. The fourth-order valence-electron chi connectivity index (χ4n) is 4.94. The Kier molecular flexibility index (Phi) is 7.51. The molecule has 0 unspecified atom stereocenters. The zero-order valence-electron chi connectivity index (χ0n) is 21.7. The molecular formula is C30H34N4O3. The number of likely N-dealkylation sites (N-methyl/N-ethyl adjacent to an activating group) is 1. The number of oxazole rings is 1. The summed E-state index contributed by atoms with van der Waals surface area (Å²) in [6, 6.07) is 17.5. The second kappa shape index (κ2) is 11.1. The summed E-state index contributed by atoms with van der Waals surface area (Å²) in [4.78, 5) is 34.8. The maximum atomic E-state index is 12.7. The van der Waals surface area contributed by atoms with Gasteiger partial charge in [0.05, 0.1) is 29.6 Å². The van der Waals surface area contributed by atoms with Crippen LogP contribution in [0.15, 0.2) is 70.0 Å². The Balaban J connectivity index is 1.35. The molecular weight excluding hydrogens is 464 g/mol. The van der Waals surface area contributed by atoms with Gasteiger partial charge < -0.3 is 14.2 Å². The van der Waals surface area contributed by atoms with Gasteiger partial charge in [-0.05, 0) is 54.9 Å². The van der Waals surface area contributed by atoms with Crippen molar-refractivity contribution in [2.24, 2.45) is 0 Å². The Hall–Kier alpha value is -3.71. The predicted octanol–water partition coefficient (Wildman–Crippen LogP) is 5.22. The van der Waals surface area contributed by atoms with Crippen LogP contribution in [0.2, 0.25) is 0 Å². The smallest absolute Gasteiger partial charge is 0.408 e. The molecule has 7 heteroatoms. The number of piperazine rings is 1. The minimum Gasteiger partial charge on any atom is -0.408 e. The molecule has 1 aliphatic heterocycles. The monoisotopic (exact) mass is 498 g/mol. The molecule has 0 saturated carbocycles. The van der Waals surface area contributed by atoms with Crippen LogP contribution in [0.1, 0.15) is 49.0 Å². The van der Waals surface area contributed by atoms with Crippen LogP contribution in [0.4, 0.5) is 5.69 Å². The Morgan fingerprint density at radius 1 is 1.00 bits per heavy atom. The summed E-state index contributed by atoms with van der Waals surface area (Å²) in [5.74, 6) is -0.336. The van der Waals surface area contributed by atoms with E-state index in [-0.39, 0.29) is 5.78 Å². The van der Waals surface area contributed by atoms with Crippen molar-refractivity contribution < 1.29 is 9.21 Å². The van der Waals surface area contributed by atoms with Crippen molar-refractivity contribution in [2.75, 3.05) is 37.6 Å². The second-order valence-corrected chi connectivity index (χ2v) is 9.69. The summed E-state index contributed by atoms with van der Waals surface area (Å²) < 4.78 is 7.06. The van der Waals surface area contributed by atoms with Gasteiger partial charge in [-0.25, -0.2) is 4.79 Å². The average molecular weight is 499 g/mol. The molecule has 5 rings (SSSR count). The molecule has 0 atom stereocenters. The molecule has 37 heavy (non-hydrogen) atoms. The molecule has 192 valence electrons. The summed E-state index contributed by atoms with van der Waals surface area (Å²) >= 11 is 0. The number of carbonyl (C=O) groups excluding carboxylic acids is 1. The third-order valence-corrected chi connectivity index (χ3v) is 7.24. The molecule has 0 bridgehead atoms. The quantitative estimate of drug-likeness (QED) is 0.295.